The highest BCUT2D eigenvalue weighted by molar-refractivity contribution is 5.94. The van der Waals surface area contributed by atoms with Crippen LogP contribution in [0.3, 0.4) is 0 Å². The number of hydrogen-bond donors (Lipinski definition) is 1. The van der Waals surface area contributed by atoms with Crippen LogP contribution in [0, 0.1) is 13.8 Å². The van der Waals surface area contributed by atoms with Gasteiger partial charge in [-0.25, -0.2) is 0 Å². The summed E-state index contributed by atoms with van der Waals surface area (Å²) in [4.78, 5) is 23.8. The summed E-state index contributed by atoms with van der Waals surface area (Å²) in [6, 6.07) is 17.6. The third kappa shape index (κ3) is 4.27. The third-order valence-corrected chi connectivity index (χ3v) is 5.85. The van der Waals surface area contributed by atoms with Crippen LogP contribution in [0.25, 0.3) is 33.8 Å². The van der Waals surface area contributed by atoms with E-state index in [4.69, 9.17) is 4.74 Å². The van der Waals surface area contributed by atoms with E-state index in [1.165, 1.54) is 0 Å². The van der Waals surface area contributed by atoms with Gasteiger partial charge in [-0.2, -0.15) is 5.10 Å². The van der Waals surface area contributed by atoms with Crippen molar-refractivity contribution < 1.29 is 9.53 Å². The molecule has 0 radical (unpaired) electrons. The number of ether oxygens (including phenoxy) is 1. The number of aromatic nitrogens is 4. The molecule has 0 unspecified atom stereocenters. The number of pyridine rings is 2. The van der Waals surface area contributed by atoms with E-state index < -0.39 is 0 Å². The van der Waals surface area contributed by atoms with Gasteiger partial charge in [0, 0.05) is 47.4 Å². The van der Waals surface area contributed by atoms with Crippen molar-refractivity contribution in [1.29, 1.82) is 0 Å². The molecule has 0 bridgehead atoms. The number of amides is 1. The molecular formula is C26H25N5O2. The molecule has 1 fully saturated rings. The quantitative estimate of drug-likeness (QED) is 0.513. The summed E-state index contributed by atoms with van der Waals surface area (Å²) in [6.07, 6.45) is 1.80. The molecular weight excluding hydrogens is 414 g/mol. The Bertz CT molecular complexity index is 1290. The molecule has 0 spiro atoms. The average Bonchev–Trinajstić information content (AvgIpc) is 3.26. The minimum absolute atomic E-state index is 0.0379. The SMILES string of the molecule is Cc1cccc(-c2n[nH]c(C)c2-c2ccnc(-c3ccc(C(=O)N4CCOCC4)cc3)c2)n1. The molecule has 4 heterocycles. The van der Waals surface area contributed by atoms with Crippen molar-refractivity contribution >= 4 is 5.91 Å². The average molecular weight is 440 g/mol. The lowest BCUT2D eigenvalue weighted by Crippen LogP contribution is -2.40. The first-order valence-corrected chi connectivity index (χ1v) is 11.0. The molecule has 5 rings (SSSR count). The van der Waals surface area contributed by atoms with Crippen molar-refractivity contribution in [1.82, 2.24) is 25.1 Å². The van der Waals surface area contributed by atoms with Gasteiger partial charge < -0.3 is 9.64 Å². The molecule has 1 amide bonds. The Hall–Kier alpha value is -3.84. The first kappa shape index (κ1) is 21.0. The minimum atomic E-state index is 0.0379. The van der Waals surface area contributed by atoms with Crippen molar-refractivity contribution in [2.24, 2.45) is 0 Å². The number of nitrogens with zero attached hydrogens (tertiary/aromatic N) is 4. The second-order valence-electron chi connectivity index (χ2n) is 8.15. The van der Waals surface area contributed by atoms with Gasteiger partial charge in [-0.05, 0) is 55.8 Å². The highest BCUT2D eigenvalue weighted by Gasteiger charge is 2.19. The monoisotopic (exact) mass is 439 g/mol. The van der Waals surface area contributed by atoms with Crippen LogP contribution in [-0.4, -0.2) is 57.3 Å². The predicted octanol–water partition coefficient (Wildman–Crippen LogP) is 4.29. The zero-order valence-corrected chi connectivity index (χ0v) is 18.7. The Kier molecular flexibility index (Phi) is 5.71. The Balaban J connectivity index is 1.45. The highest BCUT2D eigenvalue weighted by atomic mass is 16.5. The summed E-state index contributed by atoms with van der Waals surface area (Å²) in [5.41, 5.74) is 8.05. The van der Waals surface area contributed by atoms with Gasteiger partial charge in [0.05, 0.1) is 24.6 Å². The van der Waals surface area contributed by atoms with E-state index in [-0.39, 0.29) is 5.91 Å². The molecule has 7 heteroatoms. The van der Waals surface area contributed by atoms with E-state index in [0.29, 0.717) is 31.9 Å². The highest BCUT2D eigenvalue weighted by Crippen LogP contribution is 2.33. The third-order valence-electron chi connectivity index (χ3n) is 5.85. The normalized spacial score (nSPS) is 13.8. The number of benzene rings is 1. The first-order chi connectivity index (χ1) is 16.1. The number of carbonyl (C=O) groups is 1. The van der Waals surface area contributed by atoms with Crippen LogP contribution < -0.4 is 0 Å². The Morgan fingerprint density at radius 1 is 0.970 bits per heavy atom. The van der Waals surface area contributed by atoms with Crippen molar-refractivity contribution in [3.05, 3.63) is 77.7 Å². The van der Waals surface area contributed by atoms with Crippen LogP contribution in [0.1, 0.15) is 21.7 Å². The molecule has 166 valence electrons. The molecule has 1 aromatic carbocycles. The van der Waals surface area contributed by atoms with Gasteiger partial charge in [0.1, 0.15) is 5.69 Å². The second kappa shape index (κ2) is 8.96. The van der Waals surface area contributed by atoms with Crippen LogP contribution >= 0.6 is 0 Å². The van der Waals surface area contributed by atoms with E-state index in [0.717, 1.165) is 45.2 Å². The van der Waals surface area contributed by atoms with Crippen molar-refractivity contribution in [3.8, 4) is 33.8 Å². The van der Waals surface area contributed by atoms with Crippen LogP contribution in [0.5, 0.6) is 0 Å². The molecule has 3 aromatic heterocycles. The standard InChI is InChI=1S/C26H25N5O2/c1-17-4-3-5-22(28-17)25-24(18(2)29-30-25)21-10-11-27-23(16-21)19-6-8-20(9-7-19)26(32)31-12-14-33-15-13-31/h3-11,16H,12-15H2,1-2H3,(H,29,30). The van der Waals surface area contributed by atoms with Crippen molar-refractivity contribution in [3.63, 3.8) is 0 Å². The minimum Gasteiger partial charge on any atom is -0.378 e. The molecule has 1 aliphatic heterocycles. The van der Waals surface area contributed by atoms with E-state index in [9.17, 15) is 4.79 Å². The van der Waals surface area contributed by atoms with Gasteiger partial charge in [-0.15, -0.1) is 0 Å². The van der Waals surface area contributed by atoms with Gasteiger partial charge in [0.15, 0.2) is 0 Å². The maximum absolute atomic E-state index is 12.7. The molecule has 1 N–H and O–H groups in total. The van der Waals surface area contributed by atoms with Gasteiger partial charge >= 0.3 is 0 Å². The Labute approximate surface area is 192 Å². The summed E-state index contributed by atoms with van der Waals surface area (Å²) < 4.78 is 5.34. The lowest BCUT2D eigenvalue weighted by Gasteiger charge is -2.26. The zero-order chi connectivity index (χ0) is 22.8. The number of aromatic amines is 1. The zero-order valence-electron chi connectivity index (χ0n) is 18.7. The van der Waals surface area contributed by atoms with E-state index in [1.54, 1.807) is 6.20 Å². The summed E-state index contributed by atoms with van der Waals surface area (Å²) >= 11 is 0. The number of morpholine rings is 1. The van der Waals surface area contributed by atoms with Crippen LogP contribution in [0.15, 0.2) is 60.8 Å². The number of nitrogens with one attached hydrogen (secondary N) is 1. The molecule has 4 aromatic rings. The number of hydrogen-bond acceptors (Lipinski definition) is 5. The number of H-pyrrole nitrogens is 1. The fourth-order valence-electron chi connectivity index (χ4n) is 4.12. The fourth-order valence-corrected chi connectivity index (χ4v) is 4.12. The number of rotatable bonds is 4. The molecule has 33 heavy (non-hydrogen) atoms. The van der Waals surface area contributed by atoms with Gasteiger partial charge in [-0.3, -0.25) is 19.9 Å². The van der Waals surface area contributed by atoms with Crippen molar-refractivity contribution in [2.45, 2.75) is 13.8 Å². The predicted molar refractivity (Wildman–Crippen MR) is 127 cm³/mol. The van der Waals surface area contributed by atoms with Gasteiger partial charge in [-0.1, -0.05) is 18.2 Å². The maximum Gasteiger partial charge on any atom is 0.254 e. The number of carbonyl (C=O) groups excluding carboxylic acids is 1. The molecule has 7 nitrogen and oxygen atoms in total. The van der Waals surface area contributed by atoms with Crippen LogP contribution in [0.4, 0.5) is 0 Å². The van der Waals surface area contributed by atoms with E-state index in [1.807, 2.05) is 67.3 Å². The van der Waals surface area contributed by atoms with Crippen LogP contribution in [0.2, 0.25) is 0 Å². The van der Waals surface area contributed by atoms with Crippen LogP contribution in [-0.2, 0) is 4.74 Å². The summed E-state index contributed by atoms with van der Waals surface area (Å²) in [6.45, 7) is 6.43. The van der Waals surface area contributed by atoms with Gasteiger partial charge in [0.2, 0.25) is 0 Å². The molecule has 1 aliphatic rings. The van der Waals surface area contributed by atoms with Gasteiger partial charge in [0.25, 0.3) is 5.91 Å². The van der Waals surface area contributed by atoms with E-state index >= 15 is 0 Å². The van der Waals surface area contributed by atoms with Crippen molar-refractivity contribution in [2.75, 3.05) is 26.3 Å². The molecule has 0 saturated carbocycles. The summed E-state index contributed by atoms with van der Waals surface area (Å²) in [5, 5.41) is 7.62. The fraction of sp³-hybridized carbons (Fsp3) is 0.231. The Morgan fingerprint density at radius 3 is 2.52 bits per heavy atom. The second-order valence-corrected chi connectivity index (χ2v) is 8.15. The van der Waals surface area contributed by atoms with E-state index in [2.05, 4.69) is 26.2 Å². The lowest BCUT2D eigenvalue weighted by atomic mass is 9.99. The maximum atomic E-state index is 12.7. The lowest BCUT2D eigenvalue weighted by molar-refractivity contribution is 0.0303. The first-order valence-electron chi connectivity index (χ1n) is 11.0. The summed E-state index contributed by atoms with van der Waals surface area (Å²) in [5.74, 6) is 0.0379. The molecule has 0 aliphatic carbocycles. The smallest absolute Gasteiger partial charge is 0.254 e. The number of aryl methyl sites for hydroxylation is 2. The molecule has 0 atom stereocenters. The Morgan fingerprint density at radius 2 is 1.76 bits per heavy atom. The molecule has 1 saturated heterocycles. The topological polar surface area (TPSA) is 84.0 Å². The summed E-state index contributed by atoms with van der Waals surface area (Å²) in [7, 11) is 0. The largest absolute Gasteiger partial charge is 0.378 e.